The summed E-state index contributed by atoms with van der Waals surface area (Å²) < 4.78 is 1.98. The molecule has 96 valence electrons. The third-order valence-corrected chi connectivity index (χ3v) is 3.07. The molecule has 3 nitrogen and oxygen atoms in total. The van der Waals surface area contributed by atoms with Gasteiger partial charge in [0, 0.05) is 5.69 Å². The highest BCUT2D eigenvalue weighted by molar-refractivity contribution is 5.65. The molecule has 0 radical (unpaired) electrons. The van der Waals surface area contributed by atoms with E-state index in [4.69, 9.17) is 0 Å². The SMILES string of the molecule is CCc1c(-c2ccccc2)c(=O)[nH]n1C(C)(C)C. The van der Waals surface area contributed by atoms with Crippen LogP contribution in [0.25, 0.3) is 11.1 Å². The topological polar surface area (TPSA) is 37.8 Å². The first-order valence-corrected chi connectivity index (χ1v) is 6.35. The van der Waals surface area contributed by atoms with E-state index < -0.39 is 0 Å². The van der Waals surface area contributed by atoms with Crippen LogP contribution in [0, 0.1) is 0 Å². The molecule has 2 rings (SSSR count). The van der Waals surface area contributed by atoms with Crippen molar-refractivity contribution in [3.8, 4) is 11.1 Å². The fraction of sp³-hybridized carbons (Fsp3) is 0.400. The number of nitrogens with one attached hydrogen (secondary N) is 1. The van der Waals surface area contributed by atoms with Crippen molar-refractivity contribution in [2.75, 3.05) is 0 Å². The Morgan fingerprint density at radius 3 is 2.28 bits per heavy atom. The first-order valence-electron chi connectivity index (χ1n) is 6.35. The Kier molecular flexibility index (Phi) is 3.16. The van der Waals surface area contributed by atoms with Crippen LogP contribution in [0.3, 0.4) is 0 Å². The van der Waals surface area contributed by atoms with E-state index in [0.717, 1.165) is 23.2 Å². The predicted molar refractivity (Wildman–Crippen MR) is 74.9 cm³/mol. The first-order chi connectivity index (χ1) is 8.45. The molecule has 2 aromatic rings. The summed E-state index contributed by atoms with van der Waals surface area (Å²) in [5.74, 6) is 0. The molecule has 1 aromatic heterocycles. The average molecular weight is 244 g/mol. The second-order valence-electron chi connectivity index (χ2n) is 5.49. The Morgan fingerprint density at radius 1 is 1.17 bits per heavy atom. The number of rotatable bonds is 2. The molecule has 1 N–H and O–H groups in total. The quantitative estimate of drug-likeness (QED) is 0.865. The predicted octanol–water partition coefficient (Wildman–Crippen LogP) is 3.16. The van der Waals surface area contributed by atoms with Gasteiger partial charge in [0.2, 0.25) is 0 Å². The number of H-pyrrole nitrogens is 1. The summed E-state index contributed by atoms with van der Waals surface area (Å²) in [6, 6.07) is 9.85. The molecule has 0 aliphatic rings. The van der Waals surface area contributed by atoms with Gasteiger partial charge in [-0.05, 0) is 32.8 Å². The minimum atomic E-state index is -0.114. The summed E-state index contributed by atoms with van der Waals surface area (Å²) >= 11 is 0. The average Bonchev–Trinajstić information content (AvgIpc) is 2.67. The van der Waals surface area contributed by atoms with Gasteiger partial charge < -0.3 is 0 Å². The van der Waals surface area contributed by atoms with Gasteiger partial charge in [-0.3, -0.25) is 14.6 Å². The van der Waals surface area contributed by atoms with Gasteiger partial charge in [0.25, 0.3) is 5.56 Å². The number of benzene rings is 1. The van der Waals surface area contributed by atoms with E-state index in [2.05, 4.69) is 32.8 Å². The Balaban J connectivity index is 2.70. The van der Waals surface area contributed by atoms with Crippen molar-refractivity contribution in [2.45, 2.75) is 39.7 Å². The van der Waals surface area contributed by atoms with Gasteiger partial charge in [-0.25, -0.2) is 0 Å². The molecule has 18 heavy (non-hydrogen) atoms. The van der Waals surface area contributed by atoms with Gasteiger partial charge in [-0.15, -0.1) is 0 Å². The maximum atomic E-state index is 12.2. The lowest BCUT2D eigenvalue weighted by Gasteiger charge is -2.23. The van der Waals surface area contributed by atoms with Crippen molar-refractivity contribution in [1.82, 2.24) is 9.78 Å². The van der Waals surface area contributed by atoms with Gasteiger partial charge >= 0.3 is 0 Å². The minimum Gasteiger partial charge on any atom is -0.283 e. The smallest absolute Gasteiger partial charge is 0.272 e. The zero-order valence-electron chi connectivity index (χ0n) is 11.4. The fourth-order valence-electron chi connectivity index (χ4n) is 2.28. The van der Waals surface area contributed by atoms with Gasteiger partial charge in [-0.1, -0.05) is 37.3 Å². The van der Waals surface area contributed by atoms with Crippen LogP contribution in [0.5, 0.6) is 0 Å². The van der Waals surface area contributed by atoms with E-state index >= 15 is 0 Å². The van der Waals surface area contributed by atoms with Gasteiger partial charge in [0.15, 0.2) is 0 Å². The second-order valence-corrected chi connectivity index (χ2v) is 5.49. The standard InChI is InChI=1S/C15H20N2O/c1-5-12-13(11-9-7-6-8-10-11)14(18)16-17(12)15(2,3)4/h6-10H,5H2,1-4H3,(H,16,18). The van der Waals surface area contributed by atoms with Crippen molar-refractivity contribution in [2.24, 2.45) is 0 Å². The Morgan fingerprint density at radius 2 is 1.78 bits per heavy atom. The number of hydrogen-bond acceptors (Lipinski definition) is 1. The normalized spacial score (nSPS) is 11.8. The maximum Gasteiger partial charge on any atom is 0.272 e. The summed E-state index contributed by atoms with van der Waals surface area (Å²) in [6.07, 6.45) is 0.834. The van der Waals surface area contributed by atoms with Crippen LogP contribution in [0.15, 0.2) is 35.1 Å². The zero-order valence-corrected chi connectivity index (χ0v) is 11.4. The largest absolute Gasteiger partial charge is 0.283 e. The minimum absolute atomic E-state index is 0.00650. The van der Waals surface area contributed by atoms with E-state index in [-0.39, 0.29) is 11.1 Å². The van der Waals surface area contributed by atoms with Crippen molar-refractivity contribution >= 4 is 0 Å². The van der Waals surface area contributed by atoms with E-state index in [0.29, 0.717) is 0 Å². The second kappa shape index (κ2) is 4.48. The van der Waals surface area contributed by atoms with Gasteiger partial charge in [0.05, 0.1) is 11.1 Å². The fourth-order valence-corrected chi connectivity index (χ4v) is 2.28. The van der Waals surface area contributed by atoms with Crippen LogP contribution in [0.1, 0.15) is 33.4 Å². The molecule has 0 fully saturated rings. The zero-order chi connectivity index (χ0) is 13.3. The van der Waals surface area contributed by atoms with Crippen molar-refractivity contribution in [3.05, 3.63) is 46.4 Å². The molecule has 0 aliphatic carbocycles. The van der Waals surface area contributed by atoms with E-state index in [1.165, 1.54) is 0 Å². The third-order valence-electron chi connectivity index (χ3n) is 3.07. The van der Waals surface area contributed by atoms with Crippen LogP contribution in [-0.2, 0) is 12.0 Å². The number of aromatic nitrogens is 2. The first kappa shape index (κ1) is 12.7. The molecule has 0 bridgehead atoms. The number of nitrogens with zero attached hydrogens (tertiary/aromatic N) is 1. The van der Waals surface area contributed by atoms with Crippen molar-refractivity contribution in [3.63, 3.8) is 0 Å². The summed E-state index contributed by atoms with van der Waals surface area (Å²) in [5, 5.41) is 2.96. The molecule has 0 saturated carbocycles. The molecular formula is C15H20N2O. The highest BCUT2D eigenvalue weighted by Gasteiger charge is 2.22. The highest BCUT2D eigenvalue weighted by atomic mass is 16.1. The Bertz CT molecular complexity index is 585. The molecule has 0 aliphatic heterocycles. The van der Waals surface area contributed by atoms with Crippen LogP contribution in [0.2, 0.25) is 0 Å². The van der Waals surface area contributed by atoms with Crippen LogP contribution in [-0.4, -0.2) is 9.78 Å². The summed E-state index contributed by atoms with van der Waals surface area (Å²) in [4.78, 5) is 12.2. The molecular weight excluding hydrogens is 224 g/mol. The van der Waals surface area contributed by atoms with E-state index in [9.17, 15) is 4.79 Å². The monoisotopic (exact) mass is 244 g/mol. The molecule has 3 heteroatoms. The van der Waals surface area contributed by atoms with Gasteiger partial charge in [0.1, 0.15) is 0 Å². The van der Waals surface area contributed by atoms with E-state index in [1.54, 1.807) is 0 Å². The molecule has 0 atom stereocenters. The lowest BCUT2D eigenvalue weighted by atomic mass is 10.0. The Labute approximate surface area is 107 Å². The molecule has 1 aromatic carbocycles. The summed E-state index contributed by atoms with van der Waals surface area (Å²) in [6.45, 7) is 8.36. The third kappa shape index (κ3) is 2.13. The number of aromatic amines is 1. The molecule has 0 amide bonds. The van der Waals surface area contributed by atoms with Crippen LogP contribution >= 0.6 is 0 Å². The molecule has 0 unspecified atom stereocenters. The van der Waals surface area contributed by atoms with Crippen molar-refractivity contribution < 1.29 is 0 Å². The lowest BCUT2D eigenvalue weighted by Crippen LogP contribution is -2.26. The summed E-state index contributed by atoms with van der Waals surface area (Å²) in [5.41, 5.74) is 2.73. The number of hydrogen-bond donors (Lipinski definition) is 1. The molecule has 0 saturated heterocycles. The highest BCUT2D eigenvalue weighted by Crippen LogP contribution is 2.24. The van der Waals surface area contributed by atoms with E-state index in [1.807, 2.05) is 35.0 Å². The maximum absolute atomic E-state index is 12.2. The molecule has 1 heterocycles. The van der Waals surface area contributed by atoms with Crippen molar-refractivity contribution in [1.29, 1.82) is 0 Å². The summed E-state index contributed by atoms with van der Waals surface area (Å²) in [7, 11) is 0. The Hall–Kier alpha value is -1.77. The van der Waals surface area contributed by atoms with Crippen LogP contribution in [0.4, 0.5) is 0 Å². The van der Waals surface area contributed by atoms with Gasteiger partial charge in [-0.2, -0.15) is 0 Å². The molecule has 0 spiro atoms. The van der Waals surface area contributed by atoms with Crippen LogP contribution < -0.4 is 5.56 Å². The lowest BCUT2D eigenvalue weighted by molar-refractivity contribution is 0.343.